The van der Waals surface area contributed by atoms with Crippen LogP contribution in [0.1, 0.15) is 13.8 Å². The van der Waals surface area contributed by atoms with Gasteiger partial charge in [-0.2, -0.15) is 0 Å². The molecule has 0 spiro atoms. The summed E-state index contributed by atoms with van der Waals surface area (Å²) in [7, 11) is 4.06. The number of rotatable bonds is 4. The smallest absolute Gasteiger partial charge is 0.295 e. The maximum Gasteiger partial charge on any atom is 0.295 e. The summed E-state index contributed by atoms with van der Waals surface area (Å²) in [5.41, 5.74) is 4.26. The lowest BCUT2D eigenvalue weighted by molar-refractivity contribution is -0.120. The number of aliphatic imine (C=N–C) groups is 2. The van der Waals surface area contributed by atoms with Crippen LogP contribution < -0.4 is 0 Å². The number of benzene rings is 1. The molecule has 9 nitrogen and oxygen atoms in total. The molecule has 1 aromatic carbocycles. The fraction of sp³-hybridized carbons (Fsp3) is 0.231. The van der Waals surface area contributed by atoms with Gasteiger partial charge in [0.25, 0.3) is 17.1 Å². The minimum absolute atomic E-state index is 0.139. The van der Waals surface area contributed by atoms with Crippen molar-refractivity contribution in [2.24, 2.45) is 24.1 Å². The molecule has 6 heterocycles. The summed E-state index contributed by atoms with van der Waals surface area (Å²) in [6.07, 6.45) is 0. The third-order valence-electron chi connectivity index (χ3n) is 7.17. The highest BCUT2D eigenvalue weighted by Crippen LogP contribution is 2.45. The first-order valence-electron chi connectivity index (χ1n) is 12.4. The summed E-state index contributed by atoms with van der Waals surface area (Å²) in [5, 5.41) is 4.05. The van der Waals surface area contributed by atoms with Gasteiger partial charge in [-0.05, 0) is 61.6 Å². The summed E-state index contributed by atoms with van der Waals surface area (Å²) in [4.78, 5) is 49.2. The van der Waals surface area contributed by atoms with E-state index >= 15 is 0 Å². The molecule has 0 radical (unpaired) electrons. The lowest BCUT2D eigenvalue weighted by Crippen LogP contribution is -2.29. The van der Waals surface area contributed by atoms with Crippen LogP contribution in [-0.2, 0) is 23.7 Å². The second-order valence-corrected chi connectivity index (χ2v) is 13.9. The van der Waals surface area contributed by atoms with Crippen LogP contribution in [0, 0.1) is 0 Å². The molecule has 3 amide bonds. The van der Waals surface area contributed by atoms with Crippen molar-refractivity contribution in [2.45, 2.75) is 13.8 Å². The number of imide groups is 1. The van der Waals surface area contributed by atoms with Crippen LogP contribution in [-0.4, -0.2) is 63.5 Å². The summed E-state index contributed by atoms with van der Waals surface area (Å²) in [5.74, 6) is -0.476. The molecule has 2 saturated heterocycles. The van der Waals surface area contributed by atoms with Crippen LogP contribution in [0.15, 0.2) is 34.3 Å². The number of hydrogen-bond acceptors (Lipinski definition) is 10. The molecule has 2 aliphatic heterocycles. The highest BCUT2D eigenvalue weighted by Gasteiger charge is 2.36. The zero-order valence-corrected chi connectivity index (χ0v) is 25.8. The molecule has 2 fully saturated rings. The van der Waals surface area contributed by atoms with Gasteiger partial charge in [0.05, 0.1) is 31.5 Å². The van der Waals surface area contributed by atoms with Crippen molar-refractivity contribution >= 4 is 142 Å². The normalized spacial score (nSPS) is 18.7. The number of thioether (sulfide) groups is 2. The molecule has 14 heteroatoms. The Morgan fingerprint density at radius 2 is 1.18 bits per heavy atom. The molecule has 0 aliphatic carbocycles. The molecule has 0 saturated carbocycles. The summed E-state index contributed by atoms with van der Waals surface area (Å²) >= 11 is 10.5. The van der Waals surface area contributed by atoms with Crippen molar-refractivity contribution in [3.8, 4) is 0 Å². The first kappa shape index (κ1) is 25.9. The fourth-order valence-electron chi connectivity index (χ4n) is 5.13. The SMILES string of the molecule is CCN1C(=O)SC(=Nc2cc3c(s2)c2cc4c(cc2n3C)c2sc(N=C3SC(=S)N(CC)C3=O)cc2n4C)C1=O. The second-order valence-electron chi connectivity index (χ2n) is 9.27. The first-order chi connectivity index (χ1) is 19.2. The van der Waals surface area contributed by atoms with Crippen molar-refractivity contribution in [1.29, 1.82) is 0 Å². The van der Waals surface area contributed by atoms with Gasteiger partial charge in [0.1, 0.15) is 14.3 Å². The number of thiophene rings is 2. The molecule has 40 heavy (non-hydrogen) atoms. The van der Waals surface area contributed by atoms with Gasteiger partial charge in [-0.25, -0.2) is 9.98 Å². The van der Waals surface area contributed by atoms with Crippen LogP contribution in [0.3, 0.4) is 0 Å². The van der Waals surface area contributed by atoms with Crippen LogP contribution in [0.5, 0.6) is 0 Å². The van der Waals surface area contributed by atoms with E-state index in [4.69, 9.17) is 12.2 Å². The summed E-state index contributed by atoms with van der Waals surface area (Å²) in [6.45, 7) is 4.55. The van der Waals surface area contributed by atoms with Gasteiger partial charge in [-0.3, -0.25) is 24.2 Å². The van der Waals surface area contributed by atoms with E-state index in [1.165, 1.54) is 28.0 Å². The molecule has 0 N–H and O–H groups in total. The van der Waals surface area contributed by atoms with Crippen LogP contribution in [0.2, 0.25) is 0 Å². The predicted octanol–water partition coefficient (Wildman–Crippen LogP) is 6.75. The van der Waals surface area contributed by atoms with Gasteiger partial charge in [0, 0.05) is 38.0 Å². The summed E-state index contributed by atoms with van der Waals surface area (Å²) in [6, 6.07) is 8.40. The van der Waals surface area contributed by atoms with Crippen molar-refractivity contribution in [3.63, 3.8) is 0 Å². The topological polar surface area (TPSA) is 92.3 Å². The van der Waals surface area contributed by atoms with Crippen LogP contribution in [0.4, 0.5) is 14.8 Å². The predicted molar refractivity (Wildman–Crippen MR) is 172 cm³/mol. The molecule has 4 aromatic heterocycles. The van der Waals surface area contributed by atoms with E-state index in [1.54, 1.807) is 23.2 Å². The van der Waals surface area contributed by atoms with Crippen LogP contribution >= 0.6 is 58.4 Å². The number of nitrogens with zero attached hydrogens (tertiary/aromatic N) is 6. The van der Waals surface area contributed by atoms with Gasteiger partial charge in [-0.15, -0.1) is 22.7 Å². The average Bonchev–Trinajstić information content (AvgIpc) is 3.73. The van der Waals surface area contributed by atoms with Gasteiger partial charge in [0.2, 0.25) is 0 Å². The minimum Gasteiger partial charge on any atom is -0.343 e. The van der Waals surface area contributed by atoms with Gasteiger partial charge in [0.15, 0.2) is 10.1 Å². The highest BCUT2D eigenvalue weighted by atomic mass is 32.2. The molecule has 7 rings (SSSR count). The fourth-order valence-corrected chi connectivity index (χ4v) is 9.54. The van der Waals surface area contributed by atoms with Crippen LogP contribution in [0.25, 0.3) is 42.2 Å². The minimum atomic E-state index is -0.337. The number of carbonyl (C=O) groups is 3. The molecule has 0 atom stereocenters. The Hall–Kier alpha value is -3.04. The number of hydrogen-bond donors (Lipinski definition) is 0. The molecule has 202 valence electrons. The molecule has 5 aromatic rings. The zero-order valence-electron chi connectivity index (χ0n) is 21.7. The third-order valence-corrected chi connectivity index (χ3v) is 11.5. The largest absolute Gasteiger partial charge is 0.343 e. The molecular formula is C26H20N6O3S5. The Kier molecular flexibility index (Phi) is 5.98. The molecule has 2 aliphatic rings. The summed E-state index contributed by atoms with van der Waals surface area (Å²) < 4.78 is 7.03. The third kappa shape index (κ3) is 3.66. The lowest BCUT2D eigenvalue weighted by Gasteiger charge is -2.08. The molecular weight excluding hydrogens is 605 g/mol. The monoisotopic (exact) mass is 624 g/mol. The Bertz CT molecular complexity index is 1910. The van der Waals surface area contributed by atoms with Crippen molar-refractivity contribution < 1.29 is 14.4 Å². The van der Waals surface area contributed by atoms with Gasteiger partial charge < -0.3 is 9.13 Å². The van der Waals surface area contributed by atoms with Crippen molar-refractivity contribution in [2.75, 3.05) is 13.1 Å². The van der Waals surface area contributed by atoms with Gasteiger partial charge in [-0.1, -0.05) is 12.2 Å². The van der Waals surface area contributed by atoms with Crippen molar-refractivity contribution in [3.05, 3.63) is 24.3 Å². The van der Waals surface area contributed by atoms with E-state index in [2.05, 4.69) is 31.3 Å². The number of thiocarbonyl (C=S) groups is 1. The van der Waals surface area contributed by atoms with E-state index in [0.29, 0.717) is 27.5 Å². The highest BCUT2D eigenvalue weighted by molar-refractivity contribution is 8.35. The van der Waals surface area contributed by atoms with E-state index < -0.39 is 0 Å². The molecule has 0 bridgehead atoms. The standard InChI is InChI=1S/C26H20N6O3S5/c1-5-31-23(33)21(39-25(31)35)27-17-9-15-19(37-17)11-7-14-12(8-13(11)29(15)3)20-16(30(14)4)10-18(38-20)28-22-24(34)32(6-2)26(36)40-22/h7-10H,5-6H2,1-4H3. The number of aryl methyl sites for hydroxylation is 2. The van der Waals surface area contributed by atoms with E-state index in [0.717, 1.165) is 59.0 Å². The van der Waals surface area contributed by atoms with Crippen molar-refractivity contribution in [1.82, 2.24) is 18.9 Å². The van der Waals surface area contributed by atoms with Gasteiger partial charge >= 0.3 is 0 Å². The number of fused-ring (bicyclic) bond motifs is 6. The second kappa shape index (κ2) is 9.24. The van der Waals surface area contributed by atoms with E-state index in [-0.39, 0.29) is 22.1 Å². The van der Waals surface area contributed by atoms with E-state index in [1.807, 2.05) is 33.2 Å². The Balaban J connectivity index is 1.32. The zero-order chi connectivity index (χ0) is 28.0. The number of carbonyl (C=O) groups excluding carboxylic acids is 3. The number of amides is 3. The Morgan fingerprint density at radius 3 is 1.62 bits per heavy atom. The Morgan fingerprint density at radius 1 is 0.700 bits per heavy atom. The first-order valence-corrected chi connectivity index (χ1v) is 16.1. The quantitative estimate of drug-likeness (QED) is 0.205. The Labute approximate surface area is 249 Å². The molecule has 0 unspecified atom stereocenters. The lowest BCUT2D eigenvalue weighted by atomic mass is 10.2. The van der Waals surface area contributed by atoms with E-state index in [9.17, 15) is 14.4 Å². The number of aromatic nitrogens is 2. The average molecular weight is 625 g/mol. The maximum absolute atomic E-state index is 12.6. The maximum atomic E-state index is 12.6.